The first-order valence-electron chi connectivity index (χ1n) is 6.30. The van der Waals surface area contributed by atoms with E-state index in [0.29, 0.717) is 27.2 Å². The predicted octanol–water partition coefficient (Wildman–Crippen LogP) is 5.67. The van der Waals surface area contributed by atoms with Gasteiger partial charge in [0, 0.05) is 6.07 Å². The number of halogens is 2. The molecular formula is C16H17Cl2NO. The van der Waals surface area contributed by atoms with Gasteiger partial charge in [-0.05, 0) is 29.2 Å². The number of hydrogen-bond donors (Lipinski definition) is 1. The zero-order chi connectivity index (χ0) is 14.9. The molecule has 0 saturated carbocycles. The van der Waals surface area contributed by atoms with Gasteiger partial charge in [0.2, 0.25) is 0 Å². The van der Waals surface area contributed by atoms with Crippen molar-refractivity contribution in [2.24, 2.45) is 0 Å². The van der Waals surface area contributed by atoms with Gasteiger partial charge in [0.1, 0.15) is 5.75 Å². The summed E-state index contributed by atoms with van der Waals surface area (Å²) in [7, 11) is 0. The molecule has 2 aromatic carbocycles. The van der Waals surface area contributed by atoms with E-state index in [1.807, 2.05) is 24.3 Å². The molecular weight excluding hydrogens is 293 g/mol. The highest BCUT2D eigenvalue weighted by atomic mass is 35.5. The lowest BCUT2D eigenvalue weighted by molar-refractivity contribution is 0.484. The first-order chi connectivity index (χ1) is 9.27. The Kier molecular flexibility index (Phi) is 4.17. The van der Waals surface area contributed by atoms with E-state index in [1.165, 1.54) is 5.56 Å². The van der Waals surface area contributed by atoms with Gasteiger partial charge in [-0.3, -0.25) is 0 Å². The quantitative estimate of drug-likeness (QED) is 0.726. The van der Waals surface area contributed by atoms with E-state index in [4.69, 9.17) is 33.7 Å². The van der Waals surface area contributed by atoms with E-state index in [1.54, 1.807) is 12.1 Å². The molecule has 0 bridgehead atoms. The normalized spacial score (nSPS) is 11.4. The average molecular weight is 310 g/mol. The van der Waals surface area contributed by atoms with Crippen LogP contribution in [0.15, 0.2) is 36.4 Å². The van der Waals surface area contributed by atoms with Crippen molar-refractivity contribution in [1.29, 1.82) is 0 Å². The van der Waals surface area contributed by atoms with E-state index in [-0.39, 0.29) is 5.41 Å². The molecule has 0 spiro atoms. The Morgan fingerprint density at radius 1 is 0.950 bits per heavy atom. The summed E-state index contributed by atoms with van der Waals surface area (Å²) >= 11 is 11.9. The Hall–Kier alpha value is -1.38. The molecule has 4 heteroatoms. The van der Waals surface area contributed by atoms with Crippen LogP contribution in [0.2, 0.25) is 10.0 Å². The highest BCUT2D eigenvalue weighted by Crippen LogP contribution is 2.35. The van der Waals surface area contributed by atoms with Crippen LogP contribution in [-0.2, 0) is 5.41 Å². The van der Waals surface area contributed by atoms with Crippen molar-refractivity contribution in [2.75, 3.05) is 5.73 Å². The number of rotatable bonds is 2. The van der Waals surface area contributed by atoms with E-state index in [2.05, 4.69) is 20.8 Å². The zero-order valence-electron chi connectivity index (χ0n) is 11.7. The van der Waals surface area contributed by atoms with Gasteiger partial charge in [0.25, 0.3) is 0 Å². The standard InChI is InChI=1S/C16H17Cl2NO/c1-16(2,3)10-4-6-11(7-5-10)20-15-9-13(18)12(17)8-14(15)19/h4-9H,19H2,1-3H3. The van der Waals surface area contributed by atoms with E-state index < -0.39 is 0 Å². The summed E-state index contributed by atoms with van der Waals surface area (Å²) in [6.07, 6.45) is 0. The predicted molar refractivity (Wildman–Crippen MR) is 86.1 cm³/mol. The van der Waals surface area contributed by atoms with Crippen LogP contribution in [0.5, 0.6) is 11.5 Å². The summed E-state index contributed by atoms with van der Waals surface area (Å²) in [6.45, 7) is 6.50. The number of hydrogen-bond acceptors (Lipinski definition) is 2. The molecule has 2 rings (SSSR count). The maximum Gasteiger partial charge on any atom is 0.151 e. The van der Waals surface area contributed by atoms with Gasteiger partial charge in [0.15, 0.2) is 5.75 Å². The smallest absolute Gasteiger partial charge is 0.151 e. The van der Waals surface area contributed by atoms with Crippen LogP contribution in [0.3, 0.4) is 0 Å². The lowest BCUT2D eigenvalue weighted by Crippen LogP contribution is -2.10. The topological polar surface area (TPSA) is 35.2 Å². The molecule has 0 heterocycles. The summed E-state index contributed by atoms with van der Waals surface area (Å²) in [5.74, 6) is 1.21. The maximum absolute atomic E-state index is 5.97. The second-order valence-electron chi connectivity index (χ2n) is 5.68. The molecule has 2 nitrogen and oxygen atoms in total. The monoisotopic (exact) mass is 309 g/mol. The van der Waals surface area contributed by atoms with Crippen molar-refractivity contribution in [2.45, 2.75) is 26.2 Å². The molecule has 0 fully saturated rings. The van der Waals surface area contributed by atoms with Crippen LogP contribution >= 0.6 is 23.2 Å². The fourth-order valence-electron chi connectivity index (χ4n) is 1.78. The highest BCUT2D eigenvalue weighted by Gasteiger charge is 2.13. The third-order valence-corrected chi connectivity index (χ3v) is 3.72. The SMILES string of the molecule is CC(C)(C)c1ccc(Oc2cc(Cl)c(Cl)cc2N)cc1. The van der Waals surface area contributed by atoms with Gasteiger partial charge in [0.05, 0.1) is 15.7 Å². The first-order valence-corrected chi connectivity index (χ1v) is 7.06. The van der Waals surface area contributed by atoms with E-state index in [9.17, 15) is 0 Å². The summed E-state index contributed by atoms with van der Waals surface area (Å²) in [4.78, 5) is 0. The van der Waals surface area contributed by atoms with Gasteiger partial charge >= 0.3 is 0 Å². The maximum atomic E-state index is 5.97. The Labute approximate surface area is 129 Å². The van der Waals surface area contributed by atoms with Crippen molar-refractivity contribution in [1.82, 2.24) is 0 Å². The Bertz CT molecular complexity index is 616. The van der Waals surface area contributed by atoms with Crippen LogP contribution in [0.25, 0.3) is 0 Å². The third-order valence-electron chi connectivity index (χ3n) is 3.00. The molecule has 0 radical (unpaired) electrons. The van der Waals surface area contributed by atoms with Gasteiger partial charge in [-0.2, -0.15) is 0 Å². The lowest BCUT2D eigenvalue weighted by Gasteiger charge is -2.19. The van der Waals surface area contributed by atoms with Crippen molar-refractivity contribution >= 4 is 28.9 Å². The van der Waals surface area contributed by atoms with Gasteiger partial charge in [-0.15, -0.1) is 0 Å². The van der Waals surface area contributed by atoms with Gasteiger partial charge < -0.3 is 10.5 Å². The number of benzene rings is 2. The second kappa shape index (κ2) is 5.55. The number of anilines is 1. The van der Waals surface area contributed by atoms with E-state index >= 15 is 0 Å². The summed E-state index contributed by atoms with van der Waals surface area (Å²) in [6, 6.07) is 11.1. The highest BCUT2D eigenvalue weighted by molar-refractivity contribution is 6.42. The fourth-order valence-corrected chi connectivity index (χ4v) is 2.11. The van der Waals surface area contributed by atoms with Crippen LogP contribution in [0, 0.1) is 0 Å². The fraction of sp³-hybridized carbons (Fsp3) is 0.250. The van der Waals surface area contributed by atoms with E-state index in [0.717, 1.165) is 0 Å². The molecule has 106 valence electrons. The molecule has 20 heavy (non-hydrogen) atoms. The second-order valence-corrected chi connectivity index (χ2v) is 6.49. The molecule has 0 aliphatic carbocycles. The van der Waals surface area contributed by atoms with Crippen LogP contribution in [-0.4, -0.2) is 0 Å². The van der Waals surface area contributed by atoms with Crippen molar-refractivity contribution < 1.29 is 4.74 Å². The zero-order valence-corrected chi connectivity index (χ0v) is 13.2. The molecule has 0 atom stereocenters. The Morgan fingerprint density at radius 2 is 1.50 bits per heavy atom. The summed E-state index contributed by atoms with van der Waals surface area (Å²) in [5, 5.41) is 0.835. The summed E-state index contributed by atoms with van der Waals surface area (Å²) < 4.78 is 5.74. The molecule has 0 aromatic heterocycles. The van der Waals surface area contributed by atoms with Gasteiger partial charge in [-0.25, -0.2) is 0 Å². The molecule has 0 unspecified atom stereocenters. The van der Waals surface area contributed by atoms with Gasteiger partial charge in [-0.1, -0.05) is 56.1 Å². The van der Waals surface area contributed by atoms with Crippen LogP contribution in [0.4, 0.5) is 5.69 Å². The molecule has 2 aromatic rings. The Balaban J connectivity index is 2.25. The minimum absolute atomic E-state index is 0.112. The lowest BCUT2D eigenvalue weighted by atomic mass is 9.87. The number of nitrogens with two attached hydrogens (primary N) is 1. The minimum Gasteiger partial charge on any atom is -0.455 e. The minimum atomic E-state index is 0.112. The molecule has 0 amide bonds. The molecule has 0 aliphatic rings. The third kappa shape index (κ3) is 3.38. The average Bonchev–Trinajstić information content (AvgIpc) is 2.35. The summed E-state index contributed by atoms with van der Waals surface area (Å²) in [5.41, 5.74) is 7.68. The molecule has 2 N–H and O–H groups in total. The van der Waals surface area contributed by atoms with Crippen molar-refractivity contribution in [3.63, 3.8) is 0 Å². The number of ether oxygens (including phenoxy) is 1. The van der Waals surface area contributed by atoms with Crippen LogP contribution < -0.4 is 10.5 Å². The molecule has 0 saturated heterocycles. The first kappa shape index (κ1) is 15.0. The molecule has 0 aliphatic heterocycles. The van der Waals surface area contributed by atoms with Crippen molar-refractivity contribution in [3.8, 4) is 11.5 Å². The number of nitrogen functional groups attached to an aromatic ring is 1. The Morgan fingerprint density at radius 3 is 2.05 bits per heavy atom. The van der Waals surface area contributed by atoms with Crippen LogP contribution in [0.1, 0.15) is 26.3 Å². The van der Waals surface area contributed by atoms with Crippen molar-refractivity contribution in [3.05, 3.63) is 52.0 Å². The largest absolute Gasteiger partial charge is 0.455 e.